The van der Waals surface area contributed by atoms with Gasteiger partial charge in [0.1, 0.15) is 24.7 Å². The van der Waals surface area contributed by atoms with E-state index in [4.69, 9.17) is 15.9 Å². The third-order valence-corrected chi connectivity index (χ3v) is 3.90. The Kier molecular flexibility index (Phi) is 11.6. The Bertz CT molecular complexity index is 504. The number of carboxylic acids is 1. The van der Waals surface area contributed by atoms with E-state index in [-0.39, 0.29) is 6.42 Å². The molecule has 4 unspecified atom stereocenters. The monoisotopic (exact) mass is 394 g/mol. The predicted octanol–water partition coefficient (Wildman–Crippen LogP) is -3.39. The molecule has 0 bridgehead atoms. The molecule has 12 heteroatoms. The highest BCUT2D eigenvalue weighted by Gasteiger charge is 2.30. The van der Waals surface area contributed by atoms with Crippen molar-refractivity contribution < 1.29 is 34.5 Å². The zero-order chi connectivity index (χ0) is 20.3. The van der Waals surface area contributed by atoms with Gasteiger partial charge in [-0.15, -0.1) is 0 Å². The summed E-state index contributed by atoms with van der Waals surface area (Å²) in [6, 6.07) is -3.64. The van der Waals surface area contributed by atoms with Crippen molar-refractivity contribution >= 4 is 35.5 Å². The number of hydrogen-bond donors (Lipinski definition) is 7. The van der Waals surface area contributed by atoms with Crippen molar-refractivity contribution in [1.82, 2.24) is 16.0 Å². The SMILES string of the molecule is CSCCC(NC(=O)C(N)CO)C(=O)NC(C(=O)NCC(=O)O)C(C)O. The molecule has 0 aliphatic rings. The van der Waals surface area contributed by atoms with E-state index < -0.39 is 61.1 Å². The van der Waals surface area contributed by atoms with E-state index in [1.807, 2.05) is 0 Å². The summed E-state index contributed by atoms with van der Waals surface area (Å²) < 4.78 is 0. The van der Waals surface area contributed by atoms with Gasteiger partial charge < -0.3 is 37.0 Å². The standard InChI is InChI=1S/C14H26N4O7S/c1-7(20)11(14(25)16-5-10(21)22)18-13(24)9(3-4-26-2)17-12(23)8(15)6-19/h7-9,11,19-20H,3-6,15H2,1-2H3,(H,16,25)(H,17,23)(H,18,24)(H,21,22). The lowest BCUT2D eigenvalue weighted by Gasteiger charge is -2.25. The third-order valence-electron chi connectivity index (χ3n) is 3.25. The molecular weight excluding hydrogens is 368 g/mol. The first-order chi connectivity index (χ1) is 12.1. The first-order valence-corrected chi connectivity index (χ1v) is 9.17. The predicted molar refractivity (Wildman–Crippen MR) is 94.2 cm³/mol. The highest BCUT2D eigenvalue weighted by molar-refractivity contribution is 7.98. The van der Waals surface area contributed by atoms with Crippen LogP contribution in [0.15, 0.2) is 0 Å². The van der Waals surface area contributed by atoms with Crippen molar-refractivity contribution in [1.29, 1.82) is 0 Å². The van der Waals surface area contributed by atoms with Gasteiger partial charge in [0.15, 0.2) is 0 Å². The minimum Gasteiger partial charge on any atom is -0.480 e. The first kappa shape index (κ1) is 24.1. The van der Waals surface area contributed by atoms with Crippen molar-refractivity contribution in [3.8, 4) is 0 Å². The molecule has 0 spiro atoms. The second kappa shape index (κ2) is 12.5. The van der Waals surface area contributed by atoms with E-state index in [0.717, 1.165) is 0 Å². The van der Waals surface area contributed by atoms with Gasteiger partial charge >= 0.3 is 5.97 Å². The molecule has 4 atom stereocenters. The summed E-state index contributed by atoms with van der Waals surface area (Å²) in [6.45, 7) is -0.0189. The van der Waals surface area contributed by atoms with Gasteiger partial charge in [-0.3, -0.25) is 19.2 Å². The maximum Gasteiger partial charge on any atom is 0.322 e. The summed E-state index contributed by atoms with van der Waals surface area (Å²) in [5.74, 6) is -3.13. The van der Waals surface area contributed by atoms with E-state index >= 15 is 0 Å². The van der Waals surface area contributed by atoms with Crippen molar-refractivity contribution in [3.05, 3.63) is 0 Å². The highest BCUT2D eigenvalue weighted by Crippen LogP contribution is 2.03. The van der Waals surface area contributed by atoms with Gasteiger partial charge in [0.25, 0.3) is 0 Å². The second-order valence-electron chi connectivity index (χ2n) is 5.47. The van der Waals surface area contributed by atoms with Gasteiger partial charge in [-0.25, -0.2) is 0 Å². The molecule has 0 saturated carbocycles. The molecule has 0 heterocycles. The topological polar surface area (TPSA) is 191 Å². The van der Waals surface area contributed by atoms with E-state index in [0.29, 0.717) is 5.75 Å². The molecule has 8 N–H and O–H groups in total. The highest BCUT2D eigenvalue weighted by atomic mass is 32.2. The minimum atomic E-state index is -1.40. The molecule has 3 amide bonds. The molecule has 26 heavy (non-hydrogen) atoms. The number of thioether (sulfide) groups is 1. The summed E-state index contributed by atoms with van der Waals surface area (Å²) in [4.78, 5) is 46.7. The van der Waals surface area contributed by atoms with Crippen LogP contribution in [0.1, 0.15) is 13.3 Å². The normalized spacial score (nSPS) is 15.3. The van der Waals surface area contributed by atoms with Gasteiger partial charge in [0.2, 0.25) is 17.7 Å². The Hall–Kier alpha value is -1.89. The number of hydrogen-bond acceptors (Lipinski definition) is 8. The molecule has 0 aromatic heterocycles. The van der Waals surface area contributed by atoms with Crippen LogP contribution in [0, 0.1) is 0 Å². The molecule has 0 aromatic carbocycles. The Labute approximate surface area is 155 Å². The van der Waals surface area contributed by atoms with Crippen LogP contribution in [0.5, 0.6) is 0 Å². The van der Waals surface area contributed by atoms with Crippen LogP contribution in [0.4, 0.5) is 0 Å². The molecule has 0 radical (unpaired) electrons. The molecule has 11 nitrogen and oxygen atoms in total. The Morgan fingerprint density at radius 3 is 2.19 bits per heavy atom. The van der Waals surface area contributed by atoms with E-state index in [1.165, 1.54) is 18.7 Å². The van der Waals surface area contributed by atoms with Crippen LogP contribution in [0.2, 0.25) is 0 Å². The van der Waals surface area contributed by atoms with Gasteiger partial charge in [0, 0.05) is 0 Å². The number of amides is 3. The quantitative estimate of drug-likeness (QED) is 0.177. The Morgan fingerprint density at radius 2 is 1.73 bits per heavy atom. The molecule has 0 rings (SSSR count). The number of nitrogens with one attached hydrogen (secondary N) is 3. The fourth-order valence-corrected chi connectivity index (χ4v) is 2.27. The lowest BCUT2D eigenvalue weighted by Crippen LogP contribution is -2.59. The largest absolute Gasteiger partial charge is 0.480 e. The second-order valence-corrected chi connectivity index (χ2v) is 6.46. The molecule has 0 aliphatic heterocycles. The summed E-state index contributed by atoms with van der Waals surface area (Å²) in [7, 11) is 0. The molecule has 150 valence electrons. The van der Waals surface area contributed by atoms with Gasteiger partial charge in [0.05, 0.1) is 12.7 Å². The molecular formula is C14H26N4O7S. The first-order valence-electron chi connectivity index (χ1n) is 7.77. The molecule has 0 aliphatic carbocycles. The average molecular weight is 394 g/mol. The van der Waals surface area contributed by atoms with Crippen LogP contribution in [-0.2, 0) is 19.2 Å². The Morgan fingerprint density at radius 1 is 1.12 bits per heavy atom. The molecule has 0 saturated heterocycles. The average Bonchev–Trinajstić information content (AvgIpc) is 2.59. The third kappa shape index (κ3) is 8.99. The van der Waals surface area contributed by atoms with Crippen LogP contribution in [0.3, 0.4) is 0 Å². The fraction of sp³-hybridized carbons (Fsp3) is 0.714. The fourth-order valence-electron chi connectivity index (χ4n) is 1.80. The van der Waals surface area contributed by atoms with Crippen molar-refractivity contribution in [2.45, 2.75) is 37.6 Å². The number of aliphatic hydroxyl groups is 2. The number of aliphatic hydroxyl groups excluding tert-OH is 2. The van der Waals surface area contributed by atoms with Crippen LogP contribution >= 0.6 is 11.8 Å². The summed E-state index contributed by atoms with van der Waals surface area (Å²) >= 11 is 1.43. The summed E-state index contributed by atoms with van der Waals surface area (Å²) in [5.41, 5.74) is 5.40. The zero-order valence-corrected chi connectivity index (χ0v) is 15.4. The van der Waals surface area contributed by atoms with Crippen molar-refractivity contribution in [2.24, 2.45) is 5.73 Å². The smallest absolute Gasteiger partial charge is 0.322 e. The molecule has 0 fully saturated rings. The Balaban J connectivity index is 5.06. The number of aliphatic carboxylic acids is 1. The number of carboxylic acid groups (broad SMARTS) is 1. The lowest BCUT2D eigenvalue weighted by molar-refractivity contribution is -0.139. The van der Waals surface area contributed by atoms with Crippen molar-refractivity contribution in [2.75, 3.05) is 25.2 Å². The lowest BCUT2D eigenvalue weighted by atomic mass is 10.1. The minimum absolute atomic E-state index is 0.222. The number of rotatable bonds is 12. The van der Waals surface area contributed by atoms with Crippen molar-refractivity contribution in [3.63, 3.8) is 0 Å². The number of carbonyl (C=O) groups excluding carboxylic acids is 3. The van der Waals surface area contributed by atoms with Crippen LogP contribution in [0.25, 0.3) is 0 Å². The summed E-state index contributed by atoms with van der Waals surface area (Å²) in [6.07, 6.45) is 0.721. The van der Waals surface area contributed by atoms with Gasteiger partial charge in [-0.05, 0) is 25.4 Å². The summed E-state index contributed by atoms with van der Waals surface area (Å²) in [5, 5.41) is 33.9. The zero-order valence-electron chi connectivity index (χ0n) is 14.6. The number of nitrogens with two attached hydrogens (primary N) is 1. The molecule has 0 aromatic rings. The van der Waals surface area contributed by atoms with Crippen LogP contribution < -0.4 is 21.7 Å². The maximum absolute atomic E-state index is 12.4. The van der Waals surface area contributed by atoms with Crippen LogP contribution in [-0.4, -0.2) is 88.4 Å². The van der Waals surface area contributed by atoms with E-state index in [1.54, 1.807) is 6.26 Å². The van der Waals surface area contributed by atoms with E-state index in [2.05, 4.69) is 16.0 Å². The van der Waals surface area contributed by atoms with E-state index in [9.17, 15) is 24.3 Å². The maximum atomic E-state index is 12.4. The van der Waals surface area contributed by atoms with Gasteiger partial charge in [-0.1, -0.05) is 0 Å². The number of carbonyl (C=O) groups is 4. The van der Waals surface area contributed by atoms with Gasteiger partial charge in [-0.2, -0.15) is 11.8 Å².